The van der Waals surface area contributed by atoms with Gasteiger partial charge in [0.15, 0.2) is 11.4 Å². The second-order valence-electron chi connectivity index (χ2n) is 3.10. The third-order valence-corrected chi connectivity index (χ3v) is 2.09. The number of nitro benzene ring substituents is 1. The summed E-state index contributed by atoms with van der Waals surface area (Å²) >= 11 is 0. The molecule has 1 N–H and O–H groups in total. The predicted octanol–water partition coefficient (Wildman–Crippen LogP) is 2.34. The summed E-state index contributed by atoms with van der Waals surface area (Å²) in [4.78, 5) is 10.4. The summed E-state index contributed by atoms with van der Waals surface area (Å²) in [6, 6.07) is 3.16. The summed E-state index contributed by atoms with van der Waals surface area (Å²) < 4.78 is 5.15. The molecule has 0 amide bonds. The Hall–Kier alpha value is -1.78. The molecule has 0 aliphatic heterocycles. The Bertz CT molecular complexity index is 377. The molecule has 5 heteroatoms. The van der Waals surface area contributed by atoms with E-state index in [0.717, 1.165) is 5.56 Å². The van der Waals surface area contributed by atoms with Gasteiger partial charge in [-0.1, -0.05) is 0 Å². The summed E-state index contributed by atoms with van der Waals surface area (Å²) in [5.74, 6) is 0.533. The number of ether oxygens (including phenoxy) is 1. The van der Waals surface area contributed by atoms with Gasteiger partial charge in [0, 0.05) is 12.6 Å². The Morgan fingerprint density at radius 1 is 1.53 bits per heavy atom. The first kappa shape index (κ1) is 11.3. The fourth-order valence-electron chi connectivity index (χ4n) is 1.44. The maximum absolute atomic E-state index is 10.8. The van der Waals surface area contributed by atoms with Gasteiger partial charge in [0.2, 0.25) is 0 Å². The minimum absolute atomic E-state index is 0.0410. The minimum Gasteiger partial charge on any atom is -0.494 e. The lowest BCUT2D eigenvalue weighted by Crippen LogP contribution is -2.04. The van der Waals surface area contributed by atoms with Gasteiger partial charge >= 0.3 is 0 Å². The highest BCUT2D eigenvalue weighted by atomic mass is 16.6. The maximum atomic E-state index is 10.8. The molecule has 0 aliphatic carbocycles. The van der Waals surface area contributed by atoms with Crippen LogP contribution in [0.5, 0.6) is 5.75 Å². The Kier molecular flexibility index (Phi) is 3.49. The lowest BCUT2D eigenvalue weighted by molar-refractivity contribution is -0.384. The molecule has 0 aromatic heterocycles. The molecule has 0 unspecified atom stereocenters. The maximum Gasteiger partial charge on any atom is 0.296 e. The highest BCUT2D eigenvalue weighted by Crippen LogP contribution is 2.36. The van der Waals surface area contributed by atoms with Crippen LogP contribution >= 0.6 is 0 Å². The Balaban J connectivity index is 3.34. The van der Waals surface area contributed by atoms with Crippen LogP contribution in [0.2, 0.25) is 0 Å². The van der Waals surface area contributed by atoms with Gasteiger partial charge in [-0.25, -0.2) is 0 Å². The molecule has 1 rings (SSSR count). The lowest BCUT2D eigenvalue weighted by atomic mass is 10.1. The number of aryl methyl sites for hydroxylation is 1. The number of methoxy groups -OCH3 is 1. The number of benzene rings is 1. The van der Waals surface area contributed by atoms with Crippen molar-refractivity contribution in [2.45, 2.75) is 13.8 Å². The number of rotatable bonds is 4. The molecule has 15 heavy (non-hydrogen) atoms. The second-order valence-corrected chi connectivity index (χ2v) is 3.10. The third kappa shape index (κ3) is 2.18. The van der Waals surface area contributed by atoms with Crippen molar-refractivity contribution in [2.24, 2.45) is 0 Å². The van der Waals surface area contributed by atoms with Crippen molar-refractivity contribution in [1.29, 1.82) is 0 Å². The summed E-state index contributed by atoms with van der Waals surface area (Å²) in [6.45, 7) is 4.34. The summed E-state index contributed by atoms with van der Waals surface area (Å²) in [7, 11) is 1.51. The van der Waals surface area contributed by atoms with Crippen molar-refractivity contribution >= 4 is 11.4 Å². The smallest absolute Gasteiger partial charge is 0.296 e. The van der Waals surface area contributed by atoms with E-state index in [2.05, 4.69) is 5.32 Å². The van der Waals surface area contributed by atoms with Crippen LogP contribution in [-0.4, -0.2) is 18.6 Å². The minimum atomic E-state index is -0.417. The summed E-state index contributed by atoms with van der Waals surface area (Å²) in [5.41, 5.74) is 1.36. The fourth-order valence-corrected chi connectivity index (χ4v) is 1.44. The number of hydrogen-bond acceptors (Lipinski definition) is 4. The second kappa shape index (κ2) is 4.63. The van der Waals surface area contributed by atoms with E-state index in [1.165, 1.54) is 13.2 Å². The molecule has 0 atom stereocenters. The summed E-state index contributed by atoms with van der Waals surface area (Å²) in [5, 5.41) is 13.7. The number of nitro groups is 1. The van der Waals surface area contributed by atoms with Crippen LogP contribution in [0.1, 0.15) is 12.5 Å². The summed E-state index contributed by atoms with van der Waals surface area (Å²) in [6.07, 6.45) is 0. The van der Waals surface area contributed by atoms with Crippen molar-refractivity contribution in [1.82, 2.24) is 0 Å². The molecule has 82 valence electrons. The molecule has 0 spiro atoms. The monoisotopic (exact) mass is 210 g/mol. The molecule has 0 heterocycles. The Morgan fingerprint density at radius 2 is 2.20 bits per heavy atom. The van der Waals surface area contributed by atoms with E-state index in [-0.39, 0.29) is 5.69 Å². The van der Waals surface area contributed by atoms with E-state index in [1.807, 2.05) is 13.8 Å². The topological polar surface area (TPSA) is 64.4 Å². The molecule has 0 radical (unpaired) electrons. The highest BCUT2D eigenvalue weighted by molar-refractivity contribution is 5.72. The lowest BCUT2D eigenvalue weighted by Gasteiger charge is -2.12. The first-order chi connectivity index (χ1) is 7.11. The van der Waals surface area contributed by atoms with Gasteiger partial charge < -0.3 is 10.1 Å². The zero-order chi connectivity index (χ0) is 11.4. The number of hydrogen-bond donors (Lipinski definition) is 1. The van der Waals surface area contributed by atoms with Crippen molar-refractivity contribution < 1.29 is 9.66 Å². The molecule has 0 saturated heterocycles. The van der Waals surface area contributed by atoms with Gasteiger partial charge in [-0.05, 0) is 25.5 Å². The highest BCUT2D eigenvalue weighted by Gasteiger charge is 2.19. The van der Waals surface area contributed by atoms with Gasteiger partial charge in [0.25, 0.3) is 5.69 Å². The van der Waals surface area contributed by atoms with Gasteiger partial charge in [-0.15, -0.1) is 0 Å². The fraction of sp³-hybridized carbons (Fsp3) is 0.400. The van der Waals surface area contributed by atoms with E-state index >= 15 is 0 Å². The van der Waals surface area contributed by atoms with Crippen molar-refractivity contribution in [2.75, 3.05) is 19.0 Å². The third-order valence-electron chi connectivity index (χ3n) is 2.09. The normalized spacial score (nSPS) is 9.80. The first-order valence-electron chi connectivity index (χ1n) is 4.67. The van der Waals surface area contributed by atoms with E-state index in [9.17, 15) is 10.1 Å². The predicted molar refractivity (Wildman–Crippen MR) is 58.5 cm³/mol. The molecule has 1 aromatic rings. The average molecular weight is 210 g/mol. The molecule has 0 aliphatic rings. The van der Waals surface area contributed by atoms with Crippen LogP contribution in [0.15, 0.2) is 12.1 Å². The molecule has 0 saturated carbocycles. The number of anilines is 1. The van der Waals surface area contributed by atoms with Crippen LogP contribution in [0.4, 0.5) is 11.4 Å². The Labute approximate surface area is 88.2 Å². The van der Waals surface area contributed by atoms with Crippen LogP contribution in [0, 0.1) is 17.0 Å². The van der Waals surface area contributed by atoms with Crippen LogP contribution in [0.3, 0.4) is 0 Å². The van der Waals surface area contributed by atoms with Crippen molar-refractivity contribution in [3.05, 3.63) is 27.8 Å². The van der Waals surface area contributed by atoms with E-state index in [0.29, 0.717) is 18.0 Å². The molecule has 1 aromatic carbocycles. The molecule has 0 bridgehead atoms. The molecule has 0 fully saturated rings. The SMILES string of the molecule is CCNc1c([N+](=O)[O-])ccc(C)c1OC. The zero-order valence-corrected chi connectivity index (χ0v) is 9.03. The molecular weight excluding hydrogens is 196 g/mol. The molecule has 5 nitrogen and oxygen atoms in total. The number of nitrogens with zero attached hydrogens (tertiary/aromatic N) is 1. The van der Waals surface area contributed by atoms with Gasteiger partial charge in [-0.2, -0.15) is 0 Å². The van der Waals surface area contributed by atoms with Crippen LogP contribution in [0.25, 0.3) is 0 Å². The van der Waals surface area contributed by atoms with Crippen molar-refractivity contribution in [3.63, 3.8) is 0 Å². The Morgan fingerprint density at radius 3 is 2.67 bits per heavy atom. The molecular formula is C10H14N2O3. The quantitative estimate of drug-likeness (QED) is 0.612. The van der Waals surface area contributed by atoms with E-state index < -0.39 is 4.92 Å². The number of nitrogens with one attached hydrogen (secondary N) is 1. The van der Waals surface area contributed by atoms with Gasteiger partial charge in [0.1, 0.15) is 0 Å². The van der Waals surface area contributed by atoms with E-state index in [1.54, 1.807) is 6.07 Å². The average Bonchev–Trinajstić information content (AvgIpc) is 2.18. The van der Waals surface area contributed by atoms with Gasteiger partial charge in [0.05, 0.1) is 12.0 Å². The largest absolute Gasteiger partial charge is 0.494 e. The van der Waals surface area contributed by atoms with Gasteiger partial charge in [-0.3, -0.25) is 10.1 Å². The van der Waals surface area contributed by atoms with E-state index in [4.69, 9.17) is 4.74 Å². The van der Waals surface area contributed by atoms with Crippen LogP contribution in [-0.2, 0) is 0 Å². The zero-order valence-electron chi connectivity index (χ0n) is 9.03. The van der Waals surface area contributed by atoms with Crippen molar-refractivity contribution in [3.8, 4) is 5.75 Å². The standard InChI is InChI=1S/C10H14N2O3/c1-4-11-9-8(12(13)14)6-5-7(2)10(9)15-3/h5-6,11H,4H2,1-3H3. The first-order valence-corrected chi connectivity index (χ1v) is 4.67. The van der Waals surface area contributed by atoms with Crippen LogP contribution < -0.4 is 10.1 Å².